The third kappa shape index (κ3) is 3.56. The molecule has 3 rings (SSSR count). The van der Waals surface area contributed by atoms with E-state index in [0.717, 1.165) is 24.1 Å². The summed E-state index contributed by atoms with van der Waals surface area (Å²) in [5.74, 6) is 1.11. The van der Waals surface area contributed by atoms with E-state index >= 15 is 0 Å². The van der Waals surface area contributed by atoms with Crippen LogP contribution in [0.5, 0.6) is 0 Å². The molecule has 0 amide bonds. The summed E-state index contributed by atoms with van der Waals surface area (Å²) in [7, 11) is 1.43. The van der Waals surface area contributed by atoms with Crippen molar-refractivity contribution in [3.8, 4) is 0 Å². The maximum absolute atomic E-state index is 11.7. The lowest BCUT2D eigenvalue weighted by Gasteiger charge is -2.32. The van der Waals surface area contributed by atoms with Gasteiger partial charge >= 0.3 is 5.97 Å². The Morgan fingerprint density at radius 2 is 2.00 bits per heavy atom. The normalized spacial score (nSPS) is 15.0. The third-order valence-corrected chi connectivity index (χ3v) is 5.05. The van der Waals surface area contributed by atoms with Crippen molar-refractivity contribution in [1.29, 1.82) is 0 Å². The van der Waals surface area contributed by atoms with Crippen LogP contribution in [0.3, 0.4) is 0 Å². The van der Waals surface area contributed by atoms with E-state index in [1.807, 2.05) is 12.1 Å². The lowest BCUT2D eigenvalue weighted by Crippen LogP contribution is -2.37. The van der Waals surface area contributed by atoms with Gasteiger partial charge in [-0.25, -0.2) is 9.97 Å². The zero-order valence-corrected chi connectivity index (χ0v) is 15.5. The van der Waals surface area contributed by atoms with Crippen LogP contribution in [-0.4, -0.2) is 36.1 Å². The van der Waals surface area contributed by atoms with Crippen LogP contribution in [0, 0.1) is 19.8 Å². The van der Waals surface area contributed by atoms with Gasteiger partial charge in [-0.1, -0.05) is 12.1 Å². The summed E-state index contributed by atoms with van der Waals surface area (Å²) in [6.45, 7) is 5.56. The fourth-order valence-electron chi connectivity index (χ4n) is 3.25. The Morgan fingerprint density at radius 1 is 1.27 bits per heavy atom. The van der Waals surface area contributed by atoms with Gasteiger partial charge in [0.15, 0.2) is 11.6 Å². The number of carbonyl (C=O) groups excluding carboxylic acids is 1. The molecule has 0 saturated carbocycles. The minimum absolute atomic E-state index is 0.0492. The predicted octanol–water partition coefficient (Wildman–Crippen LogP) is 2.81. The monoisotopic (exact) mass is 355 g/mol. The summed E-state index contributed by atoms with van der Waals surface area (Å²) in [5.41, 5.74) is 10.2. The molecule has 0 unspecified atom stereocenters. The van der Waals surface area contributed by atoms with E-state index in [4.69, 9.17) is 10.5 Å². The molecule has 1 aromatic carbocycles. The van der Waals surface area contributed by atoms with Crippen LogP contribution in [-0.2, 0) is 9.53 Å². The van der Waals surface area contributed by atoms with E-state index in [1.54, 1.807) is 0 Å². The molecular formula is C19H25N5O2. The molecule has 0 atom stereocenters. The Hall–Kier alpha value is -2.83. The van der Waals surface area contributed by atoms with E-state index in [2.05, 4.69) is 40.1 Å². The molecule has 0 radical (unpaired) electrons. The number of anilines is 4. The summed E-state index contributed by atoms with van der Waals surface area (Å²) in [5, 5.41) is 3.32. The molecule has 0 spiro atoms. The first-order valence-electron chi connectivity index (χ1n) is 8.77. The number of hydrogen-bond donors (Lipinski definition) is 2. The number of hydrogen-bond acceptors (Lipinski definition) is 7. The predicted molar refractivity (Wildman–Crippen MR) is 103 cm³/mol. The zero-order chi connectivity index (χ0) is 18.7. The van der Waals surface area contributed by atoms with Crippen molar-refractivity contribution in [2.75, 3.05) is 36.1 Å². The second-order valence-corrected chi connectivity index (χ2v) is 6.62. The lowest BCUT2D eigenvalue weighted by molar-refractivity contribution is -0.146. The number of nitrogens with one attached hydrogen (secondary N) is 1. The fraction of sp³-hybridized carbons (Fsp3) is 0.421. The minimum atomic E-state index is -0.141. The van der Waals surface area contributed by atoms with Crippen molar-refractivity contribution < 1.29 is 9.53 Å². The summed E-state index contributed by atoms with van der Waals surface area (Å²) in [6, 6.07) is 6.08. The first kappa shape index (κ1) is 18.0. The molecule has 0 bridgehead atoms. The Bertz CT molecular complexity index is 801. The molecule has 7 nitrogen and oxygen atoms in total. The molecule has 2 aromatic rings. The second-order valence-electron chi connectivity index (χ2n) is 6.62. The Labute approximate surface area is 153 Å². The van der Waals surface area contributed by atoms with Gasteiger partial charge in [0.1, 0.15) is 12.0 Å². The zero-order valence-electron chi connectivity index (χ0n) is 15.5. The van der Waals surface area contributed by atoms with E-state index in [0.29, 0.717) is 30.4 Å². The fourth-order valence-corrected chi connectivity index (χ4v) is 3.25. The van der Waals surface area contributed by atoms with Crippen molar-refractivity contribution in [2.24, 2.45) is 5.92 Å². The van der Waals surface area contributed by atoms with Crippen LogP contribution in [0.2, 0.25) is 0 Å². The maximum atomic E-state index is 11.7. The van der Waals surface area contributed by atoms with Crippen LogP contribution in [0.1, 0.15) is 24.0 Å². The molecular weight excluding hydrogens is 330 g/mol. The molecule has 2 heterocycles. The van der Waals surface area contributed by atoms with E-state index < -0.39 is 0 Å². The third-order valence-electron chi connectivity index (χ3n) is 5.05. The Balaban J connectivity index is 1.78. The molecule has 1 saturated heterocycles. The molecule has 7 heteroatoms. The van der Waals surface area contributed by atoms with Crippen molar-refractivity contribution >= 4 is 29.0 Å². The van der Waals surface area contributed by atoms with Crippen molar-refractivity contribution in [2.45, 2.75) is 26.7 Å². The van der Waals surface area contributed by atoms with E-state index in [1.165, 1.54) is 19.0 Å². The second kappa shape index (κ2) is 7.59. The highest BCUT2D eigenvalue weighted by Crippen LogP contribution is 2.32. The number of carbonyl (C=O) groups is 1. The Morgan fingerprint density at radius 3 is 2.69 bits per heavy atom. The Kier molecular flexibility index (Phi) is 5.25. The minimum Gasteiger partial charge on any atom is -0.469 e. The van der Waals surface area contributed by atoms with Gasteiger partial charge in [-0.2, -0.15) is 0 Å². The quantitative estimate of drug-likeness (QED) is 0.815. The van der Waals surface area contributed by atoms with Gasteiger partial charge in [0.05, 0.1) is 13.0 Å². The van der Waals surface area contributed by atoms with Gasteiger partial charge in [-0.15, -0.1) is 0 Å². The van der Waals surface area contributed by atoms with Crippen LogP contribution < -0.4 is 16.0 Å². The number of nitrogens with two attached hydrogens (primary N) is 1. The number of esters is 1. The standard InChI is InChI=1S/C19H25N5O2/c1-12-5-4-6-15(13(12)2)23-17-16(20)18(22-11-21-17)24-9-7-14(8-10-24)19(25)26-3/h4-6,11,14H,7-10,20H2,1-3H3,(H,21,22,23). The molecule has 0 aliphatic carbocycles. The number of piperidine rings is 1. The molecule has 1 fully saturated rings. The molecule has 138 valence electrons. The van der Waals surface area contributed by atoms with E-state index in [-0.39, 0.29) is 11.9 Å². The number of benzene rings is 1. The van der Waals surface area contributed by atoms with Crippen LogP contribution in [0.4, 0.5) is 23.0 Å². The van der Waals surface area contributed by atoms with Gasteiger partial charge < -0.3 is 20.7 Å². The molecule has 1 aromatic heterocycles. The van der Waals surface area contributed by atoms with Crippen LogP contribution >= 0.6 is 0 Å². The largest absolute Gasteiger partial charge is 0.469 e. The average molecular weight is 355 g/mol. The highest BCUT2D eigenvalue weighted by atomic mass is 16.5. The molecule has 26 heavy (non-hydrogen) atoms. The first-order valence-corrected chi connectivity index (χ1v) is 8.77. The van der Waals surface area contributed by atoms with Crippen LogP contribution in [0.15, 0.2) is 24.5 Å². The number of rotatable bonds is 4. The smallest absolute Gasteiger partial charge is 0.308 e. The summed E-state index contributed by atoms with van der Waals surface area (Å²) in [6.07, 6.45) is 2.98. The number of nitrogen functional groups attached to an aromatic ring is 1. The number of aromatic nitrogens is 2. The van der Waals surface area contributed by atoms with Crippen LogP contribution in [0.25, 0.3) is 0 Å². The summed E-state index contributed by atoms with van der Waals surface area (Å²) in [4.78, 5) is 22.5. The van der Waals surface area contributed by atoms with Gasteiger partial charge in [-0.05, 0) is 43.9 Å². The number of methoxy groups -OCH3 is 1. The first-order chi connectivity index (χ1) is 12.5. The molecule has 3 N–H and O–H groups in total. The highest BCUT2D eigenvalue weighted by molar-refractivity contribution is 5.79. The molecule has 1 aliphatic heterocycles. The lowest BCUT2D eigenvalue weighted by atomic mass is 9.97. The van der Waals surface area contributed by atoms with Gasteiger partial charge in [-0.3, -0.25) is 4.79 Å². The molecule has 1 aliphatic rings. The number of nitrogens with zero attached hydrogens (tertiary/aromatic N) is 3. The van der Waals surface area contributed by atoms with Crippen molar-refractivity contribution in [1.82, 2.24) is 9.97 Å². The summed E-state index contributed by atoms with van der Waals surface area (Å²) < 4.78 is 4.84. The number of ether oxygens (including phenoxy) is 1. The average Bonchev–Trinajstić information content (AvgIpc) is 2.66. The SMILES string of the molecule is COC(=O)C1CCN(c2ncnc(Nc3cccc(C)c3C)c2N)CC1. The highest BCUT2D eigenvalue weighted by Gasteiger charge is 2.27. The maximum Gasteiger partial charge on any atom is 0.308 e. The van der Waals surface area contributed by atoms with Gasteiger partial charge in [0, 0.05) is 18.8 Å². The topological polar surface area (TPSA) is 93.4 Å². The number of aryl methyl sites for hydroxylation is 1. The van der Waals surface area contributed by atoms with Crippen molar-refractivity contribution in [3.05, 3.63) is 35.7 Å². The van der Waals surface area contributed by atoms with E-state index in [9.17, 15) is 4.79 Å². The van der Waals surface area contributed by atoms with Gasteiger partial charge in [0.25, 0.3) is 0 Å². The van der Waals surface area contributed by atoms with Crippen molar-refractivity contribution in [3.63, 3.8) is 0 Å². The summed E-state index contributed by atoms with van der Waals surface area (Å²) >= 11 is 0. The van der Waals surface area contributed by atoms with Gasteiger partial charge in [0.2, 0.25) is 0 Å².